The molecule has 3 amide bonds. The second-order valence-corrected chi connectivity index (χ2v) is 6.73. The highest BCUT2D eigenvalue weighted by molar-refractivity contribution is 9.10. The first-order valence-corrected chi connectivity index (χ1v) is 8.90. The molecule has 0 aliphatic heterocycles. The lowest BCUT2D eigenvalue weighted by Crippen LogP contribution is -2.40. The summed E-state index contributed by atoms with van der Waals surface area (Å²) in [5.74, 6) is -0.161. The van der Waals surface area contributed by atoms with Gasteiger partial charge in [-0.1, -0.05) is 28.1 Å². The number of hydrogen-bond acceptors (Lipinski definition) is 3. The van der Waals surface area contributed by atoms with Gasteiger partial charge in [0.2, 0.25) is 0 Å². The van der Waals surface area contributed by atoms with Gasteiger partial charge >= 0.3 is 6.03 Å². The normalized spacial score (nSPS) is 10.1. The van der Waals surface area contributed by atoms with E-state index in [9.17, 15) is 9.59 Å². The largest absolute Gasteiger partial charge is 0.350 e. The van der Waals surface area contributed by atoms with Crippen LogP contribution in [-0.2, 0) is 6.42 Å². The average molecular weight is 396 g/mol. The molecule has 0 spiro atoms. The van der Waals surface area contributed by atoms with Gasteiger partial charge in [-0.05, 0) is 36.1 Å². The molecule has 0 aliphatic carbocycles. The summed E-state index contributed by atoms with van der Waals surface area (Å²) in [6.07, 6.45) is 0.824. The molecule has 1 heterocycles. The number of hydrogen-bond donors (Lipinski definition) is 3. The second-order valence-electron chi connectivity index (χ2n) is 4.78. The highest BCUT2D eigenvalue weighted by atomic mass is 79.9. The summed E-state index contributed by atoms with van der Waals surface area (Å²) in [5, 5.41) is 10.3. The van der Waals surface area contributed by atoms with E-state index in [1.54, 1.807) is 29.5 Å². The van der Waals surface area contributed by atoms with Crippen LogP contribution in [0.25, 0.3) is 0 Å². The highest BCUT2D eigenvalue weighted by Crippen LogP contribution is 2.11. The number of urea groups is 1. The van der Waals surface area contributed by atoms with Gasteiger partial charge in [0.1, 0.15) is 0 Å². The molecule has 0 aliphatic rings. The van der Waals surface area contributed by atoms with Crippen molar-refractivity contribution in [3.05, 3.63) is 56.7 Å². The van der Waals surface area contributed by atoms with Crippen molar-refractivity contribution in [3.8, 4) is 0 Å². The number of nitrogens with one attached hydrogen (secondary N) is 3. The van der Waals surface area contributed by atoms with E-state index in [2.05, 4.69) is 31.9 Å². The molecule has 0 saturated heterocycles. The van der Waals surface area contributed by atoms with Crippen LogP contribution in [0.15, 0.2) is 46.3 Å². The van der Waals surface area contributed by atoms with E-state index in [1.807, 2.05) is 23.6 Å². The minimum atomic E-state index is -0.224. The van der Waals surface area contributed by atoms with Crippen LogP contribution in [0.3, 0.4) is 0 Å². The average Bonchev–Trinajstić information content (AvgIpc) is 3.04. The molecule has 0 unspecified atom stereocenters. The Kier molecular flexibility index (Phi) is 7.09. The van der Waals surface area contributed by atoms with Gasteiger partial charge < -0.3 is 16.0 Å². The fourth-order valence-electron chi connectivity index (χ4n) is 1.90. The molecular weight excluding hydrogens is 378 g/mol. The van der Waals surface area contributed by atoms with Crippen LogP contribution in [0.2, 0.25) is 0 Å². The van der Waals surface area contributed by atoms with Crippen LogP contribution in [0.1, 0.15) is 15.2 Å². The molecule has 23 heavy (non-hydrogen) atoms. The third-order valence-corrected chi connectivity index (χ3v) is 4.45. The quantitative estimate of drug-likeness (QED) is 0.630. The Balaban J connectivity index is 1.57. The third kappa shape index (κ3) is 6.42. The van der Waals surface area contributed by atoms with Gasteiger partial charge in [-0.25, -0.2) is 4.79 Å². The Bertz CT molecular complexity index is 647. The summed E-state index contributed by atoms with van der Waals surface area (Å²) in [5.41, 5.74) is 0.583. The van der Waals surface area contributed by atoms with Crippen molar-refractivity contribution in [3.63, 3.8) is 0 Å². The summed E-state index contributed by atoms with van der Waals surface area (Å²) in [6, 6.07) is 11.0. The van der Waals surface area contributed by atoms with E-state index in [1.165, 1.54) is 4.88 Å². The van der Waals surface area contributed by atoms with Crippen molar-refractivity contribution in [2.24, 2.45) is 0 Å². The first-order valence-electron chi connectivity index (χ1n) is 7.23. The van der Waals surface area contributed by atoms with Gasteiger partial charge in [0.25, 0.3) is 5.91 Å². The summed E-state index contributed by atoms with van der Waals surface area (Å²) in [4.78, 5) is 24.7. The van der Waals surface area contributed by atoms with E-state index in [4.69, 9.17) is 0 Å². The van der Waals surface area contributed by atoms with Crippen LogP contribution in [0, 0.1) is 0 Å². The van der Waals surface area contributed by atoms with Gasteiger partial charge in [-0.15, -0.1) is 11.3 Å². The lowest BCUT2D eigenvalue weighted by molar-refractivity contribution is 0.0953. The Labute approximate surface area is 147 Å². The molecule has 0 atom stereocenters. The van der Waals surface area contributed by atoms with Crippen LogP contribution in [0.4, 0.5) is 4.79 Å². The van der Waals surface area contributed by atoms with E-state index < -0.39 is 0 Å². The lowest BCUT2D eigenvalue weighted by Gasteiger charge is -2.08. The number of benzene rings is 1. The van der Waals surface area contributed by atoms with Crippen molar-refractivity contribution in [1.82, 2.24) is 16.0 Å². The molecule has 0 radical (unpaired) electrons. The lowest BCUT2D eigenvalue weighted by atomic mass is 10.2. The van der Waals surface area contributed by atoms with Gasteiger partial charge in [-0.3, -0.25) is 4.79 Å². The molecular formula is C16H18BrN3O2S. The number of carbonyl (C=O) groups is 2. The zero-order chi connectivity index (χ0) is 16.5. The SMILES string of the molecule is O=C(NCCNC(=O)c1cccc(Br)c1)NCCc1cccs1. The van der Waals surface area contributed by atoms with Crippen LogP contribution in [-0.4, -0.2) is 31.6 Å². The number of rotatable bonds is 7. The molecule has 7 heteroatoms. The zero-order valence-electron chi connectivity index (χ0n) is 12.5. The fraction of sp³-hybridized carbons (Fsp3) is 0.250. The van der Waals surface area contributed by atoms with Gasteiger partial charge in [0.15, 0.2) is 0 Å². The monoisotopic (exact) mass is 395 g/mol. The summed E-state index contributed by atoms with van der Waals surface area (Å²) in [7, 11) is 0. The van der Waals surface area contributed by atoms with Gasteiger partial charge in [0.05, 0.1) is 0 Å². The van der Waals surface area contributed by atoms with Crippen LogP contribution < -0.4 is 16.0 Å². The predicted octanol–water partition coefficient (Wildman–Crippen LogP) is 2.78. The summed E-state index contributed by atoms with van der Waals surface area (Å²) < 4.78 is 0.855. The molecule has 2 aromatic rings. The molecule has 0 saturated carbocycles. The van der Waals surface area contributed by atoms with Crippen molar-refractivity contribution in [2.45, 2.75) is 6.42 Å². The van der Waals surface area contributed by atoms with Crippen molar-refractivity contribution in [2.75, 3.05) is 19.6 Å². The third-order valence-electron chi connectivity index (χ3n) is 3.02. The van der Waals surface area contributed by atoms with Gasteiger partial charge in [-0.2, -0.15) is 0 Å². The first-order chi connectivity index (χ1) is 11.1. The predicted molar refractivity (Wildman–Crippen MR) is 95.9 cm³/mol. The van der Waals surface area contributed by atoms with E-state index in [-0.39, 0.29) is 11.9 Å². The molecule has 5 nitrogen and oxygen atoms in total. The number of halogens is 1. The Morgan fingerprint density at radius 3 is 2.52 bits per heavy atom. The Morgan fingerprint density at radius 1 is 1.00 bits per heavy atom. The van der Waals surface area contributed by atoms with Crippen LogP contribution >= 0.6 is 27.3 Å². The number of carbonyl (C=O) groups excluding carboxylic acids is 2. The van der Waals surface area contributed by atoms with Crippen LogP contribution in [0.5, 0.6) is 0 Å². The number of thiophene rings is 1. The van der Waals surface area contributed by atoms with E-state index in [0.29, 0.717) is 25.2 Å². The maximum Gasteiger partial charge on any atom is 0.314 e. The molecule has 122 valence electrons. The van der Waals surface area contributed by atoms with E-state index in [0.717, 1.165) is 10.9 Å². The molecule has 2 rings (SSSR count). The molecule has 1 aromatic carbocycles. The minimum absolute atomic E-state index is 0.161. The topological polar surface area (TPSA) is 70.2 Å². The summed E-state index contributed by atoms with van der Waals surface area (Å²) >= 11 is 5.00. The van der Waals surface area contributed by atoms with Crippen molar-refractivity contribution < 1.29 is 9.59 Å². The smallest absolute Gasteiger partial charge is 0.314 e. The van der Waals surface area contributed by atoms with E-state index >= 15 is 0 Å². The van der Waals surface area contributed by atoms with Gasteiger partial charge in [0, 0.05) is 34.5 Å². The second kappa shape index (κ2) is 9.32. The standard InChI is InChI=1S/C16H18BrN3O2S/c17-13-4-1-3-12(11-13)15(21)18-8-9-20-16(22)19-7-6-14-5-2-10-23-14/h1-5,10-11H,6-9H2,(H,18,21)(H2,19,20,22). The Hall–Kier alpha value is -1.86. The number of amides is 3. The molecule has 1 aromatic heterocycles. The first kappa shape index (κ1) is 17.5. The maximum atomic E-state index is 11.9. The maximum absolute atomic E-state index is 11.9. The van der Waals surface area contributed by atoms with Crippen molar-refractivity contribution >= 4 is 39.2 Å². The molecule has 0 fully saturated rings. The summed E-state index contributed by atoms with van der Waals surface area (Å²) in [6.45, 7) is 1.35. The molecule has 0 bridgehead atoms. The molecule has 3 N–H and O–H groups in total. The highest BCUT2D eigenvalue weighted by Gasteiger charge is 2.05. The Morgan fingerprint density at radius 2 is 1.78 bits per heavy atom. The minimum Gasteiger partial charge on any atom is -0.350 e. The zero-order valence-corrected chi connectivity index (χ0v) is 14.9. The van der Waals surface area contributed by atoms with Crippen molar-refractivity contribution in [1.29, 1.82) is 0 Å². The fourth-order valence-corrected chi connectivity index (χ4v) is 3.01.